The van der Waals surface area contributed by atoms with Crippen molar-refractivity contribution < 1.29 is 9.90 Å². The van der Waals surface area contributed by atoms with E-state index in [-0.39, 0.29) is 5.82 Å². The number of hydrogen-bond acceptors (Lipinski definition) is 5. The van der Waals surface area contributed by atoms with Crippen molar-refractivity contribution in [2.75, 3.05) is 0 Å². The van der Waals surface area contributed by atoms with Crippen LogP contribution in [-0.4, -0.2) is 26.1 Å². The van der Waals surface area contributed by atoms with Crippen LogP contribution in [0, 0.1) is 9.36 Å². The Morgan fingerprint density at radius 1 is 1.82 bits per heavy atom. The van der Waals surface area contributed by atoms with Gasteiger partial charge in [-0.15, -0.1) is 0 Å². The summed E-state index contributed by atoms with van der Waals surface area (Å²) in [6, 6.07) is 0. The third-order valence-corrected chi connectivity index (χ3v) is 1.79. The summed E-state index contributed by atoms with van der Waals surface area (Å²) >= 11 is 5.65. The van der Waals surface area contributed by atoms with Crippen LogP contribution in [-0.2, 0) is 4.79 Å². The Labute approximate surface area is 70.4 Å². The molecule has 0 radical (unpaired) electrons. The van der Waals surface area contributed by atoms with Crippen LogP contribution in [0.1, 0.15) is 5.82 Å². The fourth-order valence-corrected chi connectivity index (χ4v) is 1.12. The molecule has 1 aromatic heterocycles. The molecule has 0 aromatic carbocycles. The van der Waals surface area contributed by atoms with Crippen molar-refractivity contribution in [1.82, 2.24) is 9.36 Å². The van der Waals surface area contributed by atoms with Gasteiger partial charge in [-0.25, -0.2) is 9.78 Å². The lowest BCUT2D eigenvalue weighted by Crippen LogP contribution is -2.14. The molecule has 1 rings (SSSR count). The number of nitrogens with one attached hydrogen (secondary N) is 2. The molecule has 0 aliphatic carbocycles. The maximum absolute atomic E-state index is 10.2. The van der Waals surface area contributed by atoms with E-state index in [0.717, 1.165) is 11.5 Å². The van der Waals surface area contributed by atoms with Crippen molar-refractivity contribution in [3.63, 3.8) is 0 Å². The quantitative estimate of drug-likeness (QED) is 0.470. The predicted molar refractivity (Wildman–Crippen MR) is 41.8 cm³/mol. The van der Waals surface area contributed by atoms with E-state index in [9.17, 15) is 4.79 Å². The Kier molecular flexibility index (Phi) is 2.11. The summed E-state index contributed by atoms with van der Waals surface area (Å²) < 4.78 is 2.80. The van der Waals surface area contributed by atoms with Crippen molar-refractivity contribution in [2.45, 2.75) is 0 Å². The summed E-state index contributed by atoms with van der Waals surface area (Å²) in [5.74, 6) is -1.31. The minimum atomic E-state index is -1.32. The number of hydrogen-bond donors (Lipinski definition) is 3. The highest BCUT2D eigenvalue weighted by atomic mass is 32.2. The highest BCUT2D eigenvalue weighted by Gasteiger charge is 2.12. The molecular weight excluding hydrogens is 186 g/mol. The van der Waals surface area contributed by atoms with Crippen LogP contribution in [0.4, 0.5) is 0 Å². The van der Waals surface area contributed by atoms with Gasteiger partial charge in [0.2, 0.25) is 0 Å². The van der Waals surface area contributed by atoms with Crippen LogP contribution in [0.15, 0.2) is 0 Å². The summed E-state index contributed by atoms with van der Waals surface area (Å²) in [4.78, 5) is 13.8. The first-order valence-corrected chi connectivity index (χ1v) is 3.71. The molecule has 0 aliphatic rings. The van der Waals surface area contributed by atoms with Gasteiger partial charge in [0, 0.05) is 0 Å². The lowest BCUT2D eigenvalue weighted by Gasteiger charge is -1.88. The highest BCUT2D eigenvalue weighted by molar-refractivity contribution is 7.73. The van der Waals surface area contributed by atoms with Crippen LogP contribution in [0.2, 0.25) is 0 Å². The number of rotatable bonds is 2. The fraction of sp³-hybridized carbons (Fsp3) is 0. The van der Waals surface area contributed by atoms with E-state index in [1.165, 1.54) is 0 Å². The largest absolute Gasteiger partial charge is 0.476 e. The molecule has 0 aliphatic heterocycles. The summed E-state index contributed by atoms with van der Waals surface area (Å²) in [6.45, 7) is 0. The van der Waals surface area contributed by atoms with Crippen LogP contribution in [0.25, 0.3) is 0 Å². The second kappa shape index (κ2) is 2.89. The molecule has 0 saturated carbocycles. The Balaban J connectivity index is 3.03. The lowest BCUT2D eigenvalue weighted by molar-refractivity contribution is -0.129. The smallest absolute Gasteiger partial charge is 0.357 e. The third kappa shape index (κ3) is 1.69. The van der Waals surface area contributed by atoms with Gasteiger partial charge in [0.15, 0.2) is 15.5 Å². The van der Waals surface area contributed by atoms with Crippen LogP contribution >= 0.6 is 23.8 Å². The van der Waals surface area contributed by atoms with Gasteiger partial charge in [-0.1, -0.05) is 0 Å². The van der Waals surface area contributed by atoms with Gasteiger partial charge in [-0.3, -0.25) is 9.78 Å². The van der Waals surface area contributed by atoms with Crippen molar-refractivity contribution >= 4 is 35.4 Å². The highest BCUT2D eigenvalue weighted by Crippen LogP contribution is 1.98. The molecule has 0 atom stereocenters. The molecule has 0 amide bonds. The average Bonchev–Trinajstić information content (AvgIpc) is 2.34. The topological polar surface area (TPSA) is 89.8 Å². The molecule has 7 heteroatoms. The molecule has 0 bridgehead atoms. The van der Waals surface area contributed by atoms with Crippen molar-refractivity contribution in [1.29, 1.82) is 5.41 Å². The Bertz CT molecular complexity index is 352. The molecule has 3 N–H and O–H groups in total. The first-order valence-electron chi connectivity index (χ1n) is 2.49. The number of H-pyrrole nitrogens is 1. The van der Waals surface area contributed by atoms with Gasteiger partial charge in [-0.05, 0) is 23.8 Å². The van der Waals surface area contributed by atoms with Crippen LogP contribution < -0.4 is 0 Å². The average molecular weight is 189 g/mol. The van der Waals surface area contributed by atoms with Crippen molar-refractivity contribution in [3.8, 4) is 0 Å². The molecule has 5 nitrogen and oxygen atoms in total. The lowest BCUT2D eigenvalue weighted by atomic mass is 10.4. The van der Waals surface area contributed by atoms with E-state index in [4.69, 9.17) is 10.5 Å². The molecule has 0 saturated heterocycles. The van der Waals surface area contributed by atoms with Crippen LogP contribution in [0.5, 0.6) is 0 Å². The first-order chi connectivity index (χ1) is 5.11. The SMILES string of the molecule is N=C(C(=O)O)c1nc(=S)s[nH]1. The Morgan fingerprint density at radius 2 is 2.45 bits per heavy atom. The molecule has 0 fully saturated rings. The van der Waals surface area contributed by atoms with Crippen LogP contribution in [0.3, 0.4) is 0 Å². The second-order valence-electron chi connectivity index (χ2n) is 1.61. The van der Waals surface area contributed by atoms with Crippen molar-refractivity contribution in [2.24, 2.45) is 0 Å². The number of nitrogens with zero attached hydrogens (tertiary/aromatic N) is 1. The zero-order valence-corrected chi connectivity index (χ0v) is 6.75. The standard InChI is InChI=1S/C4H3N3O2S2/c5-1(3(8)9)2-6-4(10)11-7-2/h5H,(H,8,9)(H,6,7,10). The molecule has 0 unspecified atom stereocenters. The number of aromatic amines is 1. The third-order valence-electron chi connectivity index (χ3n) is 0.889. The maximum Gasteiger partial charge on any atom is 0.357 e. The first kappa shape index (κ1) is 8.02. The van der Waals surface area contributed by atoms with E-state index in [1.54, 1.807) is 0 Å². The Hall–Kier alpha value is -1.08. The Morgan fingerprint density at radius 3 is 2.82 bits per heavy atom. The monoisotopic (exact) mass is 189 g/mol. The van der Waals surface area contributed by atoms with E-state index in [1.807, 2.05) is 0 Å². The van der Waals surface area contributed by atoms with Gasteiger partial charge >= 0.3 is 5.97 Å². The van der Waals surface area contributed by atoms with Crippen molar-refractivity contribution in [3.05, 3.63) is 9.78 Å². The molecule has 0 spiro atoms. The summed E-state index contributed by atoms with van der Waals surface area (Å²) in [6.07, 6.45) is 0. The minimum absolute atomic E-state index is 0.00694. The molecule has 1 aromatic rings. The number of carbonyl (C=O) groups is 1. The zero-order valence-electron chi connectivity index (χ0n) is 5.12. The summed E-state index contributed by atoms with van der Waals surface area (Å²) in [5.41, 5.74) is -0.572. The predicted octanol–water partition coefficient (Wildman–Crippen LogP) is 0.653. The van der Waals surface area contributed by atoms with Gasteiger partial charge < -0.3 is 5.11 Å². The van der Waals surface area contributed by atoms with E-state index < -0.39 is 11.7 Å². The van der Waals surface area contributed by atoms with Gasteiger partial charge in [0.05, 0.1) is 0 Å². The number of aliphatic carboxylic acids is 1. The normalized spacial score (nSPS) is 9.45. The van der Waals surface area contributed by atoms with E-state index >= 15 is 0 Å². The number of aromatic nitrogens is 2. The summed E-state index contributed by atoms with van der Waals surface area (Å²) in [5, 5.41) is 15.3. The molecule has 1 heterocycles. The van der Waals surface area contributed by atoms with Gasteiger partial charge in [-0.2, -0.15) is 0 Å². The number of carboxylic acids is 1. The van der Waals surface area contributed by atoms with Gasteiger partial charge in [0.25, 0.3) is 0 Å². The molecular formula is C4H3N3O2S2. The second-order valence-corrected chi connectivity index (χ2v) is 3.05. The zero-order chi connectivity index (χ0) is 8.43. The fourth-order valence-electron chi connectivity index (χ4n) is 0.437. The van der Waals surface area contributed by atoms with E-state index in [0.29, 0.717) is 3.95 Å². The number of carboxylic acid groups (broad SMARTS) is 1. The van der Waals surface area contributed by atoms with E-state index in [2.05, 4.69) is 21.6 Å². The molecule has 58 valence electrons. The minimum Gasteiger partial charge on any atom is -0.476 e. The molecule has 11 heavy (non-hydrogen) atoms. The maximum atomic E-state index is 10.2. The van der Waals surface area contributed by atoms with Gasteiger partial charge in [0.1, 0.15) is 0 Å². The summed E-state index contributed by atoms with van der Waals surface area (Å²) in [7, 11) is 0.